The number of rotatable bonds is 5. The number of nitrogens with one attached hydrogen (secondary N) is 2. The van der Waals surface area contributed by atoms with E-state index in [1.807, 2.05) is 13.8 Å². The minimum atomic E-state index is -0.353. The Kier molecular flexibility index (Phi) is 4.84. The first kappa shape index (κ1) is 13.4. The summed E-state index contributed by atoms with van der Waals surface area (Å²) in [5, 5.41) is 17.5. The number of hydrogen-bond acceptors (Lipinski definition) is 4. The van der Waals surface area contributed by atoms with Crippen LogP contribution in [0.3, 0.4) is 0 Å². The molecule has 0 aromatic carbocycles. The molecule has 0 aliphatic heterocycles. The van der Waals surface area contributed by atoms with E-state index in [4.69, 9.17) is 5.11 Å². The van der Waals surface area contributed by atoms with Crippen LogP contribution in [0.15, 0.2) is 16.9 Å². The predicted molar refractivity (Wildman–Crippen MR) is 62.7 cm³/mol. The van der Waals surface area contributed by atoms with Crippen LogP contribution >= 0.6 is 0 Å². The Balaban J connectivity index is 2.70. The number of carbonyl (C=O) groups is 1. The second-order valence-corrected chi connectivity index (χ2v) is 4.14. The van der Waals surface area contributed by atoms with Gasteiger partial charge in [-0.2, -0.15) is 5.10 Å². The molecule has 0 radical (unpaired) electrons. The van der Waals surface area contributed by atoms with Gasteiger partial charge in [0, 0.05) is 18.7 Å². The fourth-order valence-corrected chi connectivity index (χ4v) is 1.42. The molecule has 1 unspecified atom stereocenters. The lowest BCUT2D eigenvalue weighted by molar-refractivity contribution is 0.0910. The van der Waals surface area contributed by atoms with Crippen LogP contribution in [-0.4, -0.2) is 33.9 Å². The number of hydrogen-bond donors (Lipinski definition) is 3. The van der Waals surface area contributed by atoms with Crippen molar-refractivity contribution in [2.24, 2.45) is 5.92 Å². The summed E-state index contributed by atoms with van der Waals surface area (Å²) in [6, 6.07) is 2.50. The van der Waals surface area contributed by atoms with Crippen molar-refractivity contribution in [1.29, 1.82) is 0 Å². The third kappa shape index (κ3) is 3.99. The Morgan fingerprint density at radius 1 is 1.53 bits per heavy atom. The molecule has 1 aromatic rings. The van der Waals surface area contributed by atoms with Gasteiger partial charge in [0.05, 0.1) is 0 Å². The van der Waals surface area contributed by atoms with Crippen molar-refractivity contribution in [3.8, 4) is 0 Å². The minimum Gasteiger partial charge on any atom is -0.396 e. The molecule has 0 saturated carbocycles. The van der Waals surface area contributed by atoms with E-state index in [0.29, 0.717) is 6.42 Å². The van der Waals surface area contributed by atoms with E-state index in [9.17, 15) is 9.59 Å². The Labute approximate surface area is 99.1 Å². The van der Waals surface area contributed by atoms with E-state index in [0.717, 1.165) is 0 Å². The van der Waals surface area contributed by atoms with Crippen LogP contribution in [0.25, 0.3) is 0 Å². The smallest absolute Gasteiger partial charge is 0.271 e. The predicted octanol–water partition coefficient (Wildman–Crippen LogP) is -0.0933. The van der Waals surface area contributed by atoms with Crippen LogP contribution in [0.4, 0.5) is 0 Å². The van der Waals surface area contributed by atoms with E-state index in [-0.39, 0.29) is 35.7 Å². The largest absolute Gasteiger partial charge is 0.396 e. The molecule has 0 spiro atoms. The van der Waals surface area contributed by atoms with Gasteiger partial charge >= 0.3 is 0 Å². The van der Waals surface area contributed by atoms with E-state index in [2.05, 4.69) is 15.5 Å². The number of nitrogens with zero attached hydrogens (tertiary/aromatic N) is 1. The summed E-state index contributed by atoms with van der Waals surface area (Å²) >= 11 is 0. The highest BCUT2D eigenvalue weighted by Crippen LogP contribution is 2.06. The van der Waals surface area contributed by atoms with Crippen LogP contribution in [0.1, 0.15) is 30.8 Å². The minimum absolute atomic E-state index is 0.0160. The third-order valence-corrected chi connectivity index (χ3v) is 2.47. The van der Waals surface area contributed by atoms with Crippen LogP contribution in [0.2, 0.25) is 0 Å². The summed E-state index contributed by atoms with van der Waals surface area (Å²) in [4.78, 5) is 22.6. The maximum absolute atomic E-state index is 11.8. The molecule has 0 bridgehead atoms. The van der Waals surface area contributed by atoms with E-state index < -0.39 is 0 Å². The molecule has 1 amide bonds. The molecule has 1 atom stereocenters. The van der Waals surface area contributed by atoms with E-state index in [1.54, 1.807) is 0 Å². The molecule has 0 aliphatic rings. The standard InChI is InChI=1S/C11H17N3O3/c1-7(2)8(5-6-15)12-11(17)9-3-4-10(16)14-13-9/h3-4,7-8,15H,5-6H2,1-2H3,(H,12,17)(H,14,16). The number of aromatic nitrogens is 2. The van der Waals surface area contributed by atoms with Crippen LogP contribution in [-0.2, 0) is 0 Å². The monoisotopic (exact) mass is 239 g/mol. The van der Waals surface area contributed by atoms with Crippen molar-refractivity contribution in [1.82, 2.24) is 15.5 Å². The molecule has 0 aliphatic carbocycles. The maximum Gasteiger partial charge on any atom is 0.271 e. The van der Waals surface area contributed by atoms with Gasteiger partial charge in [0.15, 0.2) is 0 Å². The maximum atomic E-state index is 11.8. The summed E-state index contributed by atoms with van der Waals surface area (Å²) in [5.74, 6) is -0.137. The van der Waals surface area contributed by atoms with Crippen molar-refractivity contribution in [2.45, 2.75) is 26.3 Å². The van der Waals surface area contributed by atoms with Crippen molar-refractivity contribution in [3.63, 3.8) is 0 Å². The average molecular weight is 239 g/mol. The molecule has 1 heterocycles. The number of aliphatic hydroxyl groups is 1. The number of aromatic amines is 1. The lowest BCUT2D eigenvalue weighted by atomic mass is 10.0. The average Bonchev–Trinajstić information content (AvgIpc) is 2.29. The summed E-state index contributed by atoms with van der Waals surface area (Å²) < 4.78 is 0. The van der Waals surface area contributed by atoms with Gasteiger partial charge in [0.1, 0.15) is 5.69 Å². The fraction of sp³-hybridized carbons (Fsp3) is 0.545. The first-order valence-electron chi connectivity index (χ1n) is 5.52. The molecule has 0 saturated heterocycles. The molecule has 1 aromatic heterocycles. The third-order valence-electron chi connectivity index (χ3n) is 2.47. The highest BCUT2D eigenvalue weighted by Gasteiger charge is 2.17. The lowest BCUT2D eigenvalue weighted by Crippen LogP contribution is -2.39. The molecule has 94 valence electrons. The van der Waals surface area contributed by atoms with Gasteiger partial charge in [0.25, 0.3) is 11.5 Å². The second-order valence-electron chi connectivity index (χ2n) is 4.14. The van der Waals surface area contributed by atoms with Crippen LogP contribution in [0.5, 0.6) is 0 Å². The van der Waals surface area contributed by atoms with Gasteiger partial charge in [-0.05, 0) is 18.4 Å². The first-order chi connectivity index (χ1) is 8.04. The highest BCUT2D eigenvalue weighted by atomic mass is 16.3. The Morgan fingerprint density at radius 2 is 2.24 bits per heavy atom. The summed E-state index contributed by atoms with van der Waals surface area (Å²) in [5.41, 5.74) is -0.189. The van der Waals surface area contributed by atoms with Gasteiger partial charge in [-0.15, -0.1) is 0 Å². The van der Waals surface area contributed by atoms with Crippen molar-refractivity contribution < 1.29 is 9.90 Å². The molecule has 3 N–H and O–H groups in total. The number of H-pyrrole nitrogens is 1. The summed E-state index contributed by atoms with van der Waals surface area (Å²) in [6.45, 7) is 3.93. The lowest BCUT2D eigenvalue weighted by Gasteiger charge is -2.21. The molecule has 6 nitrogen and oxygen atoms in total. The zero-order valence-electron chi connectivity index (χ0n) is 9.93. The molecule has 17 heavy (non-hydrogen) atoms. The molecular weight excluding hydrogens is 222 g/mol. The Bertz CT molecular complexity index is 408. The first-order valence-corrected chi connectivity index (χ1v) is 5.52. The molecular formula is C11H17N3O3. The molecule has 6 heteroatoms. The summed E-state index contributed by atoms with van der Waals surface area (Å²) in [6.07, 6.45) is 0.493. The van der Waals surface area contributed by atoms with E-state index >= 15 is 0 Å². The van der Waals surface area contributed by atoms with Crippen molar-refractivity contribution in [3.05, 3.63) is 28.2 Å². The topological polar surface area (TPSA) is 95.1 Å². The SMILES string of the molecule is CC(C)C(CCO)NC(=O)c1ccc(=O)[nH]n1. The summed E-state index contributed by atoms with van der Waals surface area (Å²) in [7, 11) is 0. The van der Waals surface area contributed by atoms with Gasteiger partial charge in [0.2, 0.25) is 0 Å². The Hall–Kier alpha value is -1.69. The van der Waals surface area contributed by atoms with Gasteiger partial charge in [-0.25, -0.2) is 5.10 Å². The zero-order chi connectivity index (χ0) is 12.8. The number of amides is 1. The van der Waals surface area contributed by atoms with Crippen LogP contribution < -0.4 is 10.9 Å². The van der Waals surface area contributed by atoms with Crippen molar-refractivity contribution >= 4 is 5.91 Å². The Morgan fingerprint density at radius 3 is 2.71 bits per heavy atom. The normalized spacial score (nSPS) is 12.5. The zero-order valence-corrected chi connectivity index (χ0v) is 9.93. The quantitative estimate of drug-likeness (QED) is 0.669. The highest BCUT2D eigenvalue weighted by molar-refractivity contribution is 5.92. The number of aliphatic hydroxyl groups excluding tert-OH is 1. The van der Waals surface area contributed by atoms with Gasteiger partial charge in [-0.1, -0.05) is 13.8 Å². The fourth-order valence-electron chi connectivity index (χ4n) is 1.42. The van der Waals surface area contributed by atoms with Gasteiger partial charge < -0.3 is 10.4 Å². The number of carbonyl (C=O) groups excluding carboxylic acids is 1. The second kappa shape index (κ2) is 6.15. The molecule has 0 fully saturated rings. The van der Waals surface area contributed by atoms with E-state index in [1.165, 1.54) is 12.1 Å². The molecule has 1 rings (SSSR count). The van der Waals surface area contributed by atoms with Crippen molar-refractivity contribution in [2.75, 3.05) is 6.61 Å². The van der Waals surface area contributed by atoms with Crippen LogP contribution in [0, 0.1) is 5.92 Å². The van der Waals surface area contributed by atoms with Gasteiger partial charge in [-0.3, -0.25) is 9.59 Å².